The summed E-state index contributed by atoms with van der Waals surface area (Å²) < 4.78 is 0. The SMILES string of the molecule is c1ccc(-c2ccc(N(c3ccc4c(c3)-c3ccccc3C43C4CC5CC(C4)CC3C5)c3cccc4c3-c3ccccc3C43CCCC3)cc2)cc1. The molecule has 0 unspecified atom stereocenters. The van der Waals surface area contributed by atoms with Gasteiger partial charge in [-0.2, -0.15) is 0 Å². The zero-order valence-corrected chi connectivity index (χ0v) is 29.9. The van der Waals surface area contributed by atoms with Gasteiger partial charge in [0, 0.05) is 27.8 Å². The van der Waals surface area contributed by atoms with Crippen LogP contribution in [0.25, 0.3) is 33.4 Å². The summed E-state index contributed by atoms with van der Waals surface area (Å²) in [6.07, 6.45) is 12.2. The van der Waals surface area contributed by atoms with Crippen LogP contribution in [0.15, 0.2) is 140 Å². The molecule has 1 heteroatoms. The number of rotatable bonds is 4. The monoisotopic (exact) mass is 671 g/mol. The van der Waals surface area contributed by atoms with E-state index in [0.29, 0.717) is 0 Å². The van der Waals surface area contributed by atoms with Crippen LogP contribution < -0.4 is 4.90 Å². The van der Waals surface area contributed by atoms with Gasteiger partial charge >= 0.3 is 0 Å². The largest absolute Gasteiger partial charge is 0.310 e. The van der Waals surface area contributed by atoms with Gasteiger partial charge in [0.25, 0.3) is 0 Å². The average molecular weight is 672 g/mol. The predicted octanol–water partition coefficient (Wildman–Crippen LogP) is 13.4. The van der Waals surface area contributed by atoms with E-state index in [1.807, 2.05) is 0 Å². The summed E-state index contributed by atoms with van der Waals surface area (Å²) in [4.78, 5) is 2.60. The lowest BCUT2D eigenvalue weighted by Crippen LogP contribution is -2.55. The van der Waals surface area contributed by atoms with Gasteiger partial charge in [-0.3, -0.25) is 0 Å². The van der Waals surface area contributed by atoms with Crippen LogP contribution in [0.1, 0.15) is 80.0 Å². The molecular formula is C51H45N. The van der Waals surface area contributed by atoms with Crippen molar-refractivity contribution in [2.24, 2.45) is 23.7 Å². The highest BCUT2D eigenvalue weighted by Crippen LogP contribution is 2.70. The molecule has 0 amide bonds. The Morgan fingerprint density at radius 2 is 1.04 bits per heavy atom. The van der Waals surface area contributed by atoms with Crippen molar-refractivity contribution in [2.45, 2.75) is 68.6 Å². The second-order valence-electron chi connectivity index (χ2n) is 17.2. The zero-order chi connectivity index (χ0) is 34.0. The molecule has 0 N–H and O–H groups in total. The maximum atomic E-state index is 2.60. The van der Waals surface area contributed by atoms with Gasteiger partial charge in [0.15, 0.2) is 0 Å². The average Bonchev–Trinajstić information content (AvgIpc) is 3.88. The van der Waals surface area contributed by atoms with E-state index in [-0.39, 0.29) is 10.8 Å². The molecule has 7 aliphatic carbocycles. The molecule has 52 heavy (non-hydrogen) atoms. The van der Waals surface area contributed by atoms with Crippen LogP contribution in [0.3, 0.4) is 0 Å². The van der Waals surface area contributed by atoms with Crippen molar-refractivity contribution in [1.29, 1.82) is 0 Å². The first-order chi connectivity index (χ1) is 25.7. The number of fused-ring (bicyclic) bond motifs is 8. The third-order valence-electron chi connectivity index (χ3n) is 15.0. The lowest BCUT2D eigenvalue weighted by Gasteiger charge is -2.61. The topological polar surface area (TPSA) is 3.24 Å². The second-order valence-corrected chi connectivity index (χ2v) is 17.2. The van der Waals surface area contributed by atoms with Crippen molar-refractivity contribution in [3.05, 3.63) is 162 Å². The minimum Gasteiger partial charge on any atom is -0.310 e. The summed E-state index contributed by atoms with van der Waals surface area (Å²) in [6.45, 7) is 0. The predicted molar refractivity (Wildman–Crippen MR) is 215 cm³/mol. The number of hydrogen-bond donors (Lipinski definition) is 0. The molecule has 7 aliphatic rings. The molecule has 0 radical (unpaired) electrons. The number of nitrogens with zero attached hydrogens (tertiary/aromatic N) is 1. The van der Waals surface area contributed by atoms with E-state index in [9.17, 15) is 0 Å². The Morgan fingerprint density at radius 3 is 1.79 bits per heavy atom. The Kier molecular flexibility index (Phi) is 6.18. The molecule has 2 spiro atoms. The van der Waals surface area contributed by atoms with E-state index in [2.05, 4.69) is 144 Å². The van der Waals surface area contributed by atoms with Crippen LogP contribution in [0.5, 0.6) is 0 Å². The first-order valence-electron chi connectivity index (χ1n) is 20.2. The second kappa shape index (κ2) is 10.8. The first kappa shape index (κ1) is 29.7. The van der Waals surface area contributed by atoms with Gasteiger partial charge in [-0.05, 0) is 149 Å². The summed E-state index contributed by atoms with van der Waals surface area (Å²) >= 11 is 0. The van der Waals surface area contributed by atoms with Gasteiger partial charge in [-0.25, -0.2) is 0 Å². The number of benzene rings is 6. The number of anilines is 3. The molecule has 13 rings (SSSR count). The van der Waals surface area contributed by atoms with Crippen molar-refractivity contribution >= 4 is 17.1 Å². The maximum Gasteiger partial charge on any atom is 0.0543 e. The van der Waals surface area contributed by atoms with Crippen LogP contribution in [-0.2, 0) is 10.8 Å². The summed E-state index contributed by atoms with van der Waals surface area (Å²) in [7, 11) is 0. The molecule has 0 aliphatic heterocycles. The quantitative estimate of drug-likeness (QED) is 0.180. The van der Waals surface area contributed by atoms with Gasteiger partial charge in [0.05, 0.1) is 5.69 Å². The van der Waals surface area contributed by atoms with Crippen molar-refractivity contribution in [3.8, 4) is 33.4 Å². The Bertz CT molecular complexity index is 2350. The highest BCUT2D eigenvalue weighted by Gasteiger charge is 2.61. The van der Waals surface area contributed by atoms with E-state index in [1.54, 1.807) is 16.7 Å². The highest BCUT2D eigenvalue weighted by molar-refractivity contribution is 5.96. The van der Waals surface area contributed by atoms with Crippen molar-refractivity contribution in [1.82, 2.24) is 0 Å². The van der Waals surface area contributed by atoms with Crippen LogP contribution in [0.4, 0.5) is 17.1 Å². The minimum absolute atomic E-state index is 0.132. The third kappa shape index (κ3) is 3.85. The molecule has 6 aromatic carbocycles. The molecule has 6 aromatic rings. The van der Waals surface area contributed by atoms with E-state index in [4.69, 9.17) is 0 Å². The van der Waals surface area contributed by atoms with E-state index >= 15 is 0 Å². The minimum atomic E-state index is 0.132. The fourth-order valence-electron chi connectivity index (χ4n) is 13.3. The molecule has 0 heterocycles. The van der Waals surface area contributed by atoms with Crippen molar-refractivity contribution < 1.29 is 0 Å². The standard InChI is InChI=1S/C51H45N/c1-2-11-35(12-3-1)36-19-21-39(22-20-36)52(48-18-10-17-47-49(48)42-14-5-6-15-44(42)50(47)25-8-9-26-50)40-23-24-46-43(32-40)41-13-4-7-16-45(41)51(46)37-28-33-27-34(30-37)31-38(51)29-33/h1-7,10-24,32-34,37-38H,8-9,25-31H2. The van der Waals surface area contributed by atoms with Crippen LogP contribution in [0.2, 0.25) is 0 Å². The molecule has 5 saturated carbocycles. The molecular weight excluding hydrogens is 627 g/mol. The molecule has 0 aromatic heterocycles. The Morgan fingerprint density at radius 1 is 0.442 bits per heavy atom. The fourth-order valence-corrected chi connectivity index (χ4v) is 13.3. The normalized spacial score (nSPS) is 26.4. The maximum absolute atomic E-state index is 2.60. The van der Waals surface area contributed by atoms with Crippen LogP contribution in [-0.4, -0.2) is 0 Å². The van der Waals surface area contributed by atoms with E-state index in [0.717, 1.165) is 23.7 Å². The molecule has 4 bridgehead atoms. The first-order valence-corrected chi connectivity index (χ1v) is 20.2. The van der Waals surface area contributed by atoms with Crippen LogP contribution >= 0.6 is 0 Å². The van der Waals surface area contributed by atoms with E-state index < -0.39 is 0 Å². The molecule has 0 atom stereocenters. The van der Waals surface area contributed by atoms with Crippen molar-refractivity contribution in [3.63, 3.8) is 0 Å². The van der Waals surface area contributed by atoms with Gasteiger partial charge in [-0.15, -0.1) is 0 Å². The summed E-state index contributed by atoms with van der Waals surface area (Å²) in [5.74, 6) is 3.44. The van der Waals surface area contributed by atoms with Gasteiger partial charge < -0.3 is 4.90 Å². The molecule has 254 valence electrons. The summed E-state index contributed by atoms with van der Waals surface area (Å²) in [5.41, 5.74) is 18.8. The summed E-state index contributed by atoms with van der Waals surface area (Å²) in [6, 6.07) is 53.9. The fraction of sp³-hybridized carbons (Fsp3) is 0.294. The summed E-state index contributed by atoms with van der Waals surface area (Å²) in [5, 5.41) is 0. The highest BCUT2D eigenvalue weighted by atomic mass is 15.1. The zero-order valence-electron chi connectivity index (χ0n) is 29.9. The van der Waals surface area contributed by atoms with Gasteiger partial charge in [-0.1, -0.05) is 122 Å². The number of hydrogen-bond acceptors (Lipinski definition) is 1. The lowest BCUT2D eigenvalue weighted by molar-refractivity contribution is -0.0399. The van der Waals surface area contributed by atoms with Crippen molar-refractivity contribution in [2.75, 3.05) is 4.90 Å². The van der Waals surface area contributed by atoms with Crippen LogP contribution in [0, 0.1) is 23.7 Å². The molecule has 0 saturated heterocycles. The smallest absolute Gasteiger partial charge is 0.0543 e. The van der Waals surface area contributed by atoms with E-state index in [1.165, 1.54) is 114 Å². The Hall–Kier alpha value is -4.88. The Labute approximate surface area is 308 Å². The molecule has 5 fully saturated rings. The molecule has 1 nitrogen and oxygen atoms in total. The van der Waals surface area contributed by atoms with Gasteiger partial charge in [0.2, 0.25) is 0 Å². The van der Waals surface area contributed by atoms with Gasteiger partial charge in [0.1, 0.15) is 0 Å². The lowest BCUT2D eigenvalue weighted by atomic mass is 9.43. The third-order valence-corrected chi connectivity index (χ3v) is 15.0. The Balaban J connectivity index is 1.08.